The molecule has 11 heteroatoms. The Morgan fingerprint density at radius 3 is 2.63 bits per heavy atom. The Kier molecular flexibility index (Phi) is 6.30. The summed E-state index contributed by atoms with van der Waals surface area (Å²) in [5, 5.41) is 3.08. The van der Waals surface area contributed by atoms with E-state index in [1.807, 2.05) is 0 Å². The Hall–Kier alpha value is -2.69. The highest BCUT2D eigenvalue weighted by atomic mass is 35.5. The number of sulfonamides is 1. The summed E-state index contributed by atoms with van der Waals surface area (Å²) in [5.74, 6) is -0.0170. The number of aromatic nitrogens is 2. The third-order valence-electron chi connectivity index (χ3n) is 4.03. The number of thiazole rings is 1. The largest absolute Gasteiger partial charge is 0.495 e. The zero-order valence-electron chi connectivity index (χ0n) is 16.6. The maximum Gasteiger partial charge on any atom is 0.265 e. The number of anilines is 2. The van der Waals surface area contributed by atoms with E-state index in [1.54, 1.807) is 32.0 Å². The fraction of sp³-hybridized carbons (Fsp3) is 0.211. The Morgan fingerprint density at radius 2 is 1.97 bits per heavy atom. The van der Waals surface area contributed by atoms with Crippen LogP contribution in [-0.2, 0) is 14.8 Å². The van der Waals surface area contributed by atoms with Gasteiger partial charge in [0.15, 0.2) is 10.3 Å². The lowest BCUT2D eigenvalue weighted by Gasteiger charge is -2.13. The predicted octanol–water partition coefficient (Wildman–Crippen LogP) is 4.24. The van der Waals surface area contributed by atoms with Crippen molar-refractivity contribution in [3.8, 4) is 16.2 Å². The van der Waals surface area contributed by atoms with Gasteiger partial charge in [0.25, 0.3) is 10.0 Å². The van der Waals surface area contributed by atoms with E-state index >= 15 is 0 Å². The predicted molar refractivity (Wildman–Crippen MR) is 118 cm³/mol. The fourth-order valence-electron chi connectivity index (χ4n) is 2.71. The molecule has 3 rings (SSSR count). The minimum atomic E-state index is -3.99. The van der Waals surface area contributed by atoms with Crippen molar-refractivity contribution in [2.75, 3.05) is 17.1 Å². The molecule has 0 aliphatic carbocycles. The van der Waals surface area contributed by atoms with Crippen LogP contribution in [0, 0.1) is 13.8 Å². The Bertz CT molecular complexity index is 1230. The highest BCUT2D eigenvalue weighted by molar-refractivity contribution is 7.92. The van der Waals surface area contributed by atoms with E-state index in [0.29, 0.717) is 16.4 Å². The van der Waals surface area contributed by atoms with Crippen molar-refractivity contribution in [3.05, 3.63) is 46.9 Å². The molecule has 0 spiro atoms. The number of halogens is 1. The van der Waals surface area contributed by atoms with E-state index in [9.17, 15) is 13.2 Å². The number of hydrogen-bond donors (Lipinski definition) is 2. The molecule has 0 bridgehead atoms. The van der Waals surface area contributed by atoms with E-state index in [-0.39, 0.29) is 27.4 Å². The van der Waals surface area contributed by atoms with E-state index in [2.05, 4.69) is 20.0 Å². The lowest BCUT2D eigenvalue weighted by atomic mass is 10.2. The molecule has 1 amide bonds. The number of aryl methyl sites for hydroxylation is 2. The summed E-state index contributed by atoms with van der Waals surface area (Å²) in [6.45, 7) is 4.97. The minimum Gasteiger partial charge on any atom is -0.495 e. The van der Waals surface area contributed by atoms with Gasteiger partial charge in [0.2, 0.25) is 5.91 Å². The first-order valence-electron chi connectivity index (χ1n) is 8.69. The van der Waals surface area contributed by atoms with Crippen LogP contribution in [0.2, 0.25) is 5.15 Å². The molecule has 0 unspecified atom stereocenters. The number of pyridine rings is 1. The van der Waals surface area contributed by atoms with Gasteiger partial charge in [-0.25, -0.2) is 18.4 Å². The Morgan fingerprint density at radius 1 is 1.23 bits per heavy atom. The minimum absolute atomic E-state index is 0.00167. The van der Waals surface area contributed by atoms with Crippen LogP contribution < -0.4 is 14.8 Å². The van der Waals surface area contributed by atoms with Gasteiger partial charge < -0.3 is 10.1 Å². The van der Waals surface area contributed by atoms with Crippen LogP contribution in [0.25, 0.3) is 10.4 Å². The molecule has 30 heavy (non-hydrogen) atoms. The monoisotopic (exact) mass is 466 g/mol. The summed E-state index contributed by atoms with van der Waals surface area (Å²) < 4.78 is 33.7. The smallest absolute Gasteiger partial charge is 0.265 e. The van der Waals surface area contributed by atoms with Gasteiger partial charge in [0, 0.05) is 18.7 Å². The number of ether oxygens (including phenoxy) is 1. The topological polar surface area (TPSA) is 110 Å². The molecule has 0 fully saturated rings. The normalized spacial score (nSPS) is 11.2. The molecule has 0 saturated carbocycles. The highest BCUT2D eigenvalue weighted by Crippen LogP contribution is 2.36. The summed E-state index contributed by atoms with van der Waals surface area (Å²) in [4.78, 5) is 20.4. The number of hydrogen-bond acceptors (Lipinski definition) is 7. The van der Waals surface area contributed by atoms with E-state index in [1.165, 1.54) is 37.6 Å². The lowest BCUT2D eigenvalue weighted by molar-refractivity contribution is -0.114. The van der Waals surface area contributed by atoms with E-state index < -0.39 is 10.0 Å². The third-order valence-corrected chi connectivity index (χ3v) is 6.84. The summed E-state index contributed by atoms with van der Waals surface area (Å²) in [6, 6.07) is 6.43. The number of nitrogens with one attached hydrogen (secondary N) is 2. The first kappa shape index (κ1) is 22.0. The second-order valence-electron chi connectivity index (χ2n) is 6.44. The van der Waals surface area contributed by atoms with Crippen LogP contribution in [0.1, 0.15) is 18.2 Å². The molecule has 1 aromatic carbocycles. The van der Waals surface area contributed by atoms with Gasteiger partial charge >= 0.3 is 0 Å². The second-order valence-corrected chi connectivity index (χ2v) is 9.44. The van der Waals surface area contributed by atoms with Crippen molar-refractivity contribution in [3.63, 3.8) is 0 Å². The van der Waals surface area contributed by atoms with Crippen LogP contribution in [0.4, 0.5) is 10.8 Å². The van der Waals surface area contributed by atoms with Gasteiger partial charge in [-0.05, 0) is 37.6 Å². The SMILES string of the molecule is COc1ccc(C)cc1S(=O)(=O)Nc1cc(-c2sc(NC(C)=O)nc2C)cnc1Cl. The summed E-state index contributed by atoms with van der Waals surface area (Å²) in [7, 11) is -2.59. The van der Waals surface area contributed by atoms with Gasteiger partial charge in [-0.3, -0.25) is 9.52 Å². The fourth-order valence-corrected chi connectivity index (χ4v) is 5.22. The average molecular weight is 467 g/mol. The molecule has 3 aromatic rings. The Labute approximate surface area is 183 Å². The molecular formula is C19H19ClN4O4S2. The van der Waals surface area contributed by atoms with E-state index in [0.717, 1.165) is 10.4 Å². The maximum atomic E-state index is 13.0. The third kappa shape index (κ3) is 4.72. The number of carbonyl (C=O) groups excluding carboxylic acids is 1. The van der Waals surface area contributed by atoms with Crippen molar-refractivity contribution >= 4 is 49.7 Å². The molecule has 0 aliphatic heterocycles. The molecular weight excluding hydrogens is 448 g/mol. The number of methoxy groups -OCH3 is 1. The van der Waals surface area contributed by atoms with Gasteiger partial charge in [0.1, 0.15) is 10.6 Å². The molecule has 0 radical (unpaired) electrons. The van der Waals surface area contributed by atoms with Crippen molar-refractivity contribution in [2.45, 2.75) is 25.7 Å². The van der Waals surface area contributed by atoms with Crippen molar-refractivity contribution in [1.29, 1.82) is 0 Å². The molecule has 0 aliphatic rings. The number of carbonyl (C=O) groups is 1. The average Bonchev–Trinajstić information content (AvgIpc) is 3.02. The zero-order chi connectivity index (χ0) is 22.1. The molecule has 158 valence electrons. The van der Waals surface area contributed by atoms with E-state index in [4.69, 9.17) is 16.3 Å². The summed E-state index contributed by atoms with van der Waals surface area (Å²) >= 11 is 7.41. The van der Waals surface area contributed by atoms with Crippen LogP contribution in [0.3, 0.4) is 0 Å². The highest BCUT2D eigenvalue weighted by Gasteiger charge is 2.22. The zero-order valence-corrected chi connectivity index (χ0v) is 19.0. The number of amides is 1. The molecule has 0 atom stereocenters. The maximum absolute atomic E-state index is 13.0. The van der Waals surface area contributed by atoms with Crippen LogP contribution in [-0.4, -0.2) is 31.4 Å². The lowest BCUT2D eigenvalue weighted by Crippen LogP contribution is -2.15. The molecule has 2 heterocycles. The van der Waals surface area contributed by atoms with Gasteiger partial charge in [-0.15, -0.1) is 0 Å². The number of rotatable bonds is 6. The standard InChI is InChI=1S/C19H19ClN4O4S2/c1-10-5-6-15(28-4)16(7-10)30(26,27)24-14-8-13(9-21-18(14)20)17-11(2)22-19(29-17)23-12(3)25/h5-9,24H,1-4H3,(H,22,23,25). The molecule has 8 nitrogen and oxygen atoms in total. The van der Waals surface area contributed by atoms with Crippen LogP contribution in [0.15, 0.2) is 35.4 Å². The Balaban J connectivity index is 2.00. The number of benzene rings is 1. The van der Waals surface area contributed by atoms with Crippen molar-refractivity contribution in [2.24, 2.45) is 0 Å². The van der Waals surface area contributed by atoms with Gasteiger partial charge in [0.05, 0.1) is 23.4 Å². The van der Waals surface area contributed by atoms with Crippen molar-refractivity contribution in [1.82, 2.24) is 9.97 Å². The van der Waals surface area contributed by atoms with Crippen LogP contribution >= 0.6 is 22.9 Å². The molecule has 2 aromatic heterocycles. The van der Waals surface area contributed by atoms with Gasteiger partial charge in [-0.1, -0.05) is 29.0 Å². The first-order valence-corrected chi connectivity index (χ1v) is 11.4. The molecule has 2 N–H and O–H groups in total. The van der Waals surface area contributed by atoms with Gasteiger partial charge in [-0.2, -0.15) is 0 Å². The van der Waals surface area contributed by atoms with Crippen LogP contribution in [0.5, 0.6) is 5.75 Å². The first-order chi connectivity index (χ1) is 14.1. The molecule has 0 saturated heterocycles. The number of nitrogens with zero attached hydrogens (tertiary/aromatic N) is 2. The summed E-state index contributed by atoms with van der Waals surface area (Å²) in [5.41, 5.74) is 2.16. The second kappa shape index (κ2) is 8.58. The summed E-state index contributed by atoms with van der Waals surface area (Å²) in [6.07, 6.45) is 1.52. The van der Waals surface area contributed by atoms with Crippen molar-refractivity contribution < 1.29 is 17.9 Å². The quantitative estimate of drug-likeness (QED) is 0.525.